The molecule has 0 saturated heterocycles. The third-order valence-corrected chi connectivity index (χ3v) is 8.67. The van der Waals surface area contributed by atoms with Crippen LogP contribution in [-0.4, -0.2) is 10.8 Å². The molecule has 0 bridgehead atoms. The number of nitriles is 1. The Balaban J connectivity index is 1.64. The number of carbonyl (C=O) groups excluding carboxylic acids is 1. The normalized spacial score (nSPS) is 17.5. The van der Waals surface area contributed by atoms with Crippen LogP contribution in [0.4, 0.5) is 5.69 Å². The first kappa shape index (κ1) is 26.1. The predicted octanol–water partition coefficient (Wildman–Crippen LogP) is 7.26. The molecule has 1 aliphatic heterocycles. The van der Waals surface area contributed by atoms with Gasteiger partial charge < -0.3 is 5.73 Å². The number of pyridine rings is 1. The highest BCUT2D eigenvalue weighted by atomic mass is 35.5. The molecule has 5 nitrogen and oxygen atoms in total. The van der Waals surface area contributed by atoms with Crippen LogP contribution in [0.25, 0.3) is 0 Å². The van der Waals surface area contributed by atoms with Crippen LogP contribution in [0.2, 0.25) is 5.15 Å². The Morgan fingerprint density at radius 1 is 1.13 bits per heavy atom. The number of Topliss-reactive ketones (excluding diaryl/α,β-unsaturated/α-hetero) is 1. The van der Waals surface area contributed by atoms with Crippen molar-refractivity contribution in [1.82, 2.24) is 4.98 Å². The quantitative estimate of drug-likeness (QED) is 0.271. The van der Waals surface area contributed by atoms with Crippen LogP contribution in [0, 0.1) is 32.1 Å². The van der Waals surface area contributed by atoms with Gasteiger partial charge in [-0.2, -0.15) is 5.26 Å². The summed E-state index contributed by atoms with van der Waals surface area (Å²) in [4.78, 5) is 20.7. The van der Waals surface area contributed by atoms with Crippen LogP contribution in [0.15, 0.2) is 82.3 Å². The first-order chi connectivity index (χ1) is 18.3. The molecule has 2 heterocycles. The Bertz CT molecular complexity index is 1530. The molecule has 1 atom stereocenters. The van der Waals surface area contributed by atoms with Crippen molar-refractivity contribution >= 4 is 34.8 Å². The maximum atomic E-state index is 13.6. The average Bonchev–Trinajstić information content (AvgIpc) is 2.90. The van der Waals surface area contributed by atoms with Crippen molar-refractivity contribution in [3.63, 3.8) is 0 Å². The third-order valence-electron chi connectivity index (χ3n) is 7.32. The second kappa shape index (κ2) is 10.7. The van der Waals surface area contributed by atoms with Gasteiger partial charge in [-0.1, -0.05) is 47.0 Å². The minimum Gasteiger partial charge on any atom is -0.384 e. The number of rotatable bonds is 5. The van der Waals surface area contributed by atoms with Crippen molar-refractivity contribution in [2.75, 3.05) is 4.90 Å². The Morgan fingerprint density at radius 3 is 2.61 bits per heavy atom. The number of anilines is 1. The lowest BCUT2D eigenvalue weighted by Gasteiger charge is -2.40. The van der Waals surface area contributed by atoms with Crippen molar-refractivity contribution < 1.29 is 4.79 Å². The fourth-order valence-corrected chi connectivity index (χ4v) is 6.58. The zero-order chi connectivity index (χ0) is 27.0. The molecule has 3 aromatic rings. The summed E-state index contributed by atoms with van der Waals surface area (Å²) in [6, 6.07) is 18.8. The number of aryl methyl sites for hydroxylation is 2. The van der Waals surface area contributed by atoms with Gasteiger partial charge in [-0.3, -0.25) is 9.69 Å². The molecule has 2 aromatic carbocycles. The highest BCUT2D eigenvalue weighted by molar-refractivity contribution is 7.98. The summed E-state index contributed by atoms with van der Waals surface area (Å²) in [6.45, 7) is 6.23. The fraction of sp³-hybridized carbons (Fsp3) is 0.258. The van der Waals surface area contributed by atoms with Crippen molar-refractivity contribution in [3.8, 4) is 6.07 Å². The summed E-state index contributed by atoms with van der Waals surface area (Å²) < 4.78 is 0. The number of aromatic nitrogens is 1. The first-order valence-electron chi connectivity index (χ1n) is 12.7. The molecule has 0 amide bonds. The number of hydrogen-bond donors (Lipinski definition) is 1. The topological polar surface area (TPSA) is 83.0 Å². The Morgan fingerprint density at radius 2 is 1.89 bits per heavy atom. The molecule has 7 heteroatoms. The molecular weight excluding hydrogens is 512 g/mol. The van der Waals surface area contributed by atoms with Crippen molar-refractivity contribution in [1.29, 1.82) is 5.26 Å². The monoisotopic (exact) mass is 540 g/mol. The smallest absolute Gasteiger partial charge is 0.161 e. The number of thioether (sulfide) groups is 1. The molecular formula is C31H29ClN4OS. The van der Waals surface area contributed by atoms with E-state index in [2.05, 4.69) is 68.2 Å². The first-order valence-corrected chi connectivity index (χ1v) is 14.0. The van der Waals surface area contributed by atoms with Crippen molar-refractivity contribution in [3.05, 3.63) is 110 Å². The van der Waals surface area contributed by atoms with Gasteiger partial charge in [0.2, 0.25) is 0 Å². The fourth-order valence-electron chi connectivity index (χ4n) is 5.43. The molecule has 192 valence electrons. The number of benzene rings is 2. The van der Waals surface area contributed by atoms with E-state index in [4.69, 9.17) is 17.3 Å². The molecule has 2 aliphatic rings. The third kappa shape index (κ3) is 4.73. The molecule has 0 fully saturated rings. The molecule has 0 saturated carbocycles. The maximum absolute atomic E-state index is 13.6. The number of hydrogen-bond acceptors (Lipinski definition) is 6. The van der Waals surface area contributed by atoms with Gasteiger partial charge in [0.1, 0.15) is 5.82 Å². The number of nitrogens with two attached hydrogens (primary N) is 1. The number of halogens is 1. The van der Waals surface area contributed by atoms with Crippen molar-refractivity contribution in [2.45, 2.75) is 56.6 Å². The van der Waals surface area contributed by atoms with Crippen LogP contribution in [-0.2, 0) is 10.5 Å². The number of ketones is 1. The molecule has 0 radical (unpaired) electrons. The number of carbonyl (C=O) groups is 1. The standard InChI is InChI=1S/C31H29ClN4OS/c1-18-9-11-22(12-10-18)38-17-21-14-19(2)15-23(20(21)3)28-24(16-33)31(34)36(26-7-5-13-35-30(26)32)25-6-4-8-27(37)29(25)28/h5,7,9-15,28H,4,6,8,17,34H2,1-3H3. The van der Waals surface area contributed by atoms with Crippen LogP contribution in [0.1, 0.15) is 53.0 Å². The van der Waals surface area contributed by atoms with E-state index in [1.807, 2.05) is 6.07 Å². The van der Waals surface area contributed by atoms with Gasteiger partial charge in [0.15, 0.2) is 10.9 Å². The summed E-state index contributed by atoms with van der Waals surface area (Å²) in [7, 11) is 0. The highest BCUT2D eigenvalue weighted by Gasteiger charge is 2.41. The van der Waals surface area contributed by atoms with E-state index in [1.165, 1.54) is 16.0 Å². The Hall–Kier alpha value is -3.53. The van der Waals surface area contributed by atoms with E-state index >= 15 is 0 Å². The number of nitrogens with zero attached hydrogens (tertiary/aromatic N) is 3. The molecule has 1 aromatic heterocycles. The second-order valence-corrected chi connectivity index (χ2v) is 11.3. The van der Waals surface area contributed by atoms with Crippen LogP contribution < -0.4 is 10.6 Å². The lowest BCUT2D eigenvalue weighted by atomic mass is 9.73. The van der Waals surface area contributed by atoms with Gasteiger partial charge in [-0.25, -0.2) is 4.98 Å². The predicted molar refractivity (Wildman–Crippen MR) is 154 cm³/mol. The van der Waals surface area contributed by atoms with Crippen LogP contribution in [0.5, 0.6) is 0 Å². The zero-order valence-corrected chi connectivity index (χ0v) is 23.3. The van der Waals surface area contributed by atoms with Gasteiger partial charge in [-0.15, -0.1) is 11.8 Å². The van der Waals surface area contributed by atoms with E-state index in [0.717, 1.165) is 34.6 Å². The Labute approximate surface area is 233 Å². The van der Waals surface area contributed by atoms with Gasteiger partial charge in [0.25, 0.3) is 0 Å². The molecule has 1 aliphatic carbocycles. The molecule has 2 N–H and O–H groups in total. The lowest BCUT2D eigenvalue weighted by molar-refractivity contribution is -0.116. The Kier molecular flexibility index (Phi) is 7.34. The zero-order valence-electron chi connectivity index (χ0n) is 21.7. The summed E-state index contributed by atoms with van der Waals surface area (Å²) in [5.41, 5.74) is 14.7. The largest absolute Gasteiger partial charge is 0.384 e. The van der Waals surface area contributed by atoms with Crippen LogP contribution >= 0.6 is 23.4 Å². The van der Waals surface area contributed by atoms with Crippen LogP contribution in [0.3, 0.4) is 0 Å². The van der Waals surface area contributed by atoms with Gasteiger partial charge >= 0.3 is 0 Å². The maximum Gasteiger partial charge on any atom is 0.161 e. The van der Waals surface area contributed by atoms with Gasteiger partial charge in [-0.05, 0) is 74.6 Å². The SMILES string of the molecule is Cc1ccc(SCc2cc(C)cc(C3C(C#N)=C(N)N(c4cccnc4Cl)C4=C3C(=O)CCC4)c2C)cc1. The lowest BCUT2D eigenvalue weighted by Crippen LogP contribution is -2.39. The summed E-state index contributed by atoms with van der Waals surface area (Å²) >= 11 is 8.25. The van der Waals surface area contributed by atoms with E-state index in [0.29, 0.717) is 35.5 Å². The van der Waals surface area contributed by atoms with E-state index in [9.17, 15) is 10.1 Å². The second-order valence-electron chi connectivity index (χ2n) is 9.87. The number of allylic oxidation sites excluding steroid dienone is 3. The van der Waals surface area contributed by atoms with Gasteiger partial charge in [0, 0.05) is 34.5 Å². The minimum atomic E-state index is -0.516. The summed E-state index contributed by atoms with van der Waals surface area (Å²) in [5.74, 6) is 0.627. The van der Waals surface area contributed by atoms with E-state index < -0.39 is 5.92 Å². The molecule has 0 spiro atoms. The minimum absolute atomic E-state index is 0.0537. The summed E-state index contributed by atoms with van der Waals surface area (Å²) in [6.07, 6.45) is 3.45. The van der Waals surface area contributed by atoms with E-state index in [1.54, 1.807) is 28.9 Å². The molecule has 5 rings (SSSR count). The molecule has 1 unspecified atom stereocenters. The average molecular weight is 541 g/mol. The summed E-state index contributed by atoms with van der Waals surface area (Å²) in [5, 5.41) is 10.7. The highest BCUT2D eigenvalue weighted by Crippen LogP contribution is 2.48. The van der Waals surface area contributed by atoms with Gasteiger partial charge in [0.05, 0.1) is 23.2 Å². The van der Waals surface area contributed by atoms with Crippen molar-refractivity contribution in [2.24, 2.45) is 5.73 Å². The molecule has 38 heavy (non-hydrogen) atoms. The van der Waals surface area contributed by atoms with E-state index in [-0.39, 0.29) is 10.9 Å².